The third-order valence-electron chi connectivity index (χ3n) is 1.53. The van der Waals surface area contributed by atoms with Crippen molar-refractivity contribution in [3.8, 4) is 0 Å². The minimum Gasteiger partial charge on any atom is -0.437 e. The van der Waals surface area contributed by atoms with Gasteiger partial charge in [-0.2, -0.15) is 0 Å². The molecule has 0 atom stereocenters. The van der Waals surface area contributed by atoms with E-state index >= 15 is 0 Å². The van der Waals surface area contributed by atoms with E-state index in [0.717, 1.165) is 6.42 Å². The van der Waals surface area contributed by atoms with Crippen LogP contribution in [0.4, 0.5) is 0 Å². The fourth-order valence-corrected chi connectivity index (χ4v) is 0.745. The highest BCUT2D eigenvalue weighted by atomic mass is 16.5. The SMILES string of the molecule is C/C=C/CC(C)(C)/C=C/OC=O. The molecule has 0 aromatic carbocycles. The summed E-state index contributed by atoms with van der Waals surface area (Å²) in [6.07, 6.45) is 8.35. The first kappa shape index (κ1) is 11.0. The van der Waals surface area contributed by atoms with Crippen LogP contribution in [0.3, 0.4) is 0 Å². The first-order chi connectivity index (χ1) is 5.62. The molecule has 0 fully saturated rings. The third-order valence-corrected chi connectivity index (χ3v) is 1.53. The Morgan fingerprint density at radius 2 is 2.08 bits per heavy atom. The van der Waals surface area contributed by atoms with E-state index in [1.807, 2.05) is 19.1 Å². The van der Waals surface area contributed by atoms with E-state index in [4.69, 9.17) is 0 Å². The molecule has 2 heteroatoms. The molecule has 0 aliphatic carbocycles. The summed E-state index contributed by atoms with van der Waals surface area (Å²) < 4.78 is 4.46. The van der Waals surface area contributed by atoms with E-state index in [1.165, 1.54) is 6.26 Å². The van der Waals surface area contributed by atoms with Crippen molar-refractivity contribution in [2.75, 3.05) is 0 Å². The van der Waals surface area contributed by atoms with Crippen LogP contribution in [0.25, 0.3) is 0 Å². The van der Waals surface area contributed by atoms with Crippen LogP contribution in [0.2, 0.25) is 0 Å². The van der Waals surface area contributed by atoms with Gasteiger partial charge in [-0.3, -0.25) is 4.79 Å². The average molecular weight is 168 g/mol. The van der Waals surface area contributed by atoms with Gasteiger partial charge in [-0.15, -0.1) is 0 Å². The topological polar surface area (TPSA) is 26.3 Å². The van der Waals surface area contributed by atoms with Crippen molar-refractivity contribution in [2.24, 2.45) is 5.41 Å². The lowest BCUT2D eigenvalue weighted by molar-refractivity contribution is -0.123. The molecule has 12 heavy (non-hydrogen) atoms. The van der Waals surface area contributed by atoms with Gasteiger partial charge < -0.3 is 4.74 Å². The zero-order valence-electron chi connectivity index (χ0n) is 7.91. The second-order valence-electron chi connectivity index (χ2n) is 3.30. The van der Waals surface area contributed by atoms with Gasteiger partial charge in [0.2, 0.25) is 0 Å². The van der Waals surface area contributed by atoms with E-state index in [2.05, 4.69) is 24.7 Å². The number of ether oxygens (including phenoxy) is 1. The van der Waals surface area contributed by atoms with Gasteiger partial charge in [0, 0.05) is 0 Å². The van der Waals surface area contributed by atoms with Gasteiger partial charge in [0.1, 0.15) is 0 Å². The Labute approximate surface area is 73.9 Å². The van der Waals surface area contributed by atoms with Gasteiger partial charge in [0.15, 0.2) is 0 Å². The summed E-state index contributed by atoms with van der Waals surface area (Å²) in [5, 5.41) is 0. The molecule has 2 nitrogen and oxygen atoms in total. The standard InChI is InChI=1S/C10H16O2/c1-4-5-6-10(2,3)7-8-12-9-11/h4-5,7-9H,6H2,1-3H3/b5-4+,8-7+. The van der Waals surface area contributed by atoms with Crippen LogP contribution < -0.4 is 0 Å². The van der Waals surface area contributed by atoms with Gasteiger partial charge >= 0.3 is 0 Å². The number of carbonyl (C=O) groups is 1. The second-order valence-corrected chi connectivity index (χ2v) is 3.30. The summed E-state index contributed by atoms with van der Waals surface area (Å²) >= 11 is 0. The lowest BCUT2D eigenvalue weighted by atomic mass is 9.89. The maximum absolute atomic E-state index is 9.82. The van der Waals surface area contributed by atoms with Crippen LogP contribution in [0.5, 0.6) is 0 Å². The quantitative estimate of drug-likeness (QED) is 0.358. The molecule has 0 unspecified atom stereocenters. The lowest BCUT2D eigenvalue weighted by Gasteiger charge is -2.16. The van der Waals surface area contributed by atoms with Crippen molar-refractivity contribution < 1.29 is 9.53 Å². The lowest BCUT2D eigenvalue weighted by Crippen LogP contribution is -2.05. The van der Waals surface area contributed by atoms with E-state index in [1.54, 1.807) is 0 Å². The fraction of sp³-hybridized carbons (Fsp3) is 0.500. The summed E-state index contributed by atoms with van der Waals surface area (Å²) in [5.74, 6) is 0. The Morgan fingerprint density at radius 1 is 1.42 bits per heavy atom. The van der Waals surface area contributed by atoms with E-state index in [0.29, 0.717) is 6.47 Å². The van der Waals surface area contributed by atoms with Crippen LogP contribution in [0.1, 0.15) is 27.2 Å². The molecule has 0 aromatic rings. The predicted molar refractivity (Wildman–Crippen MR) is 49.5 cm³/mol. The molecule has 0 bridgehead atoms. The summed E-state index contributed by atoms with van der Waals surface area (Å²) in [6, 6.07) is 0. The highest BCUT2D eigenvalue weighted by Crippen LogP contribution is 2.22. The molecule has 0 heterocycles. The molecule has 0 aliphatic heterocycles. The van der Waals surface area contributed by atoms with Crippen LogP contribution in [-0.4, -0.2) is 6.47 Å². The van der Waals surface area contributed by atoms with E-state index in [9.17, 15) is 4.79 Å². The highest BCUT2D eigenvalue weighted by molar-refractivity contribution is 5.38. The van der Waals surface area contributed by atoms with Crippen molar-refractivity contribution in [1.82, 2.24) is 0 Å². The Bertz CT molecular complexity index is 178. The minimum absolute atomic E-state index is 0.0511. The Balaban J connectivity index is 3.92. The van der Waals surface area contributed by atoms with Gasteiger partial charge in [-0.25, -0.2) is 0 Å². The molecular formula is C10H16O2. The molecule has 0 aromatic heterocycles. The molecule has 0 saturated carbocycles. The molecule has 0 N–H and O–H groups in total. The van der Waals surface area contributed by atoms with Crippen molar-refractivity contribution in [2.45, 2.75) is 27.2 Å². The van der Waals surface area contributed by atoms with Crippen molar-refractivity contribution >= 4 is 6.47 Å². The van der Waals surface area contributed by atoms with Gasteiger partial charge in [-0.1, -0.05) is 26.0 Å². The maximum Gasteiger partial charge on any atom is 0.297 e. The van der Waals surface area contributed by atoms with Crippen LogP contribution in [0, 0.1) is 5.41 Å². The van der Waals surface area contributed by atoms with Crippen LogP contribution in [-0.2, 0) is 9.53 Å². The molecule has 0 radical (unpaired) electrons. The molecule has 68 valence electrons. The average Bonchev–Trinajstić information content (AvgIpc) is 2.01. The predicted octanol–water partition coefficient (Wildman–Crippen LogP) is 2.67. The van der Waals surface area contributed by atoms with Crippen molar-refractivity contribution in [3.05, 3.63) is 24.5 Å². The van der Waals surface area contributed by atoms with E-state index in [-0.39, 0.29) is 5.41 Å². The van der Waals surface area contributed by atoms with Gasteiger partial charge in [0.25, 0.3) is 6.47 Å². The minimum atomic E-state index is 0.0511. The number of hydrogen-bond acceptors (Lipinski definition) is 2. The monoisotopic (exact) mass is 168 g/mol. The van der Waals surface area contributed by atoms with Crippen LogP contribution >= 0.6 is 0 Å². The highest BCUT2D eigenvalue weighted by Gasteiger charge is 2.10. The second kappa shape index (κ2) is 5.58. The normalized spacial score (nSPS) is 12.6. The Kier molecular flexibility index (Phi) is 5.09. The number of carbonyl (C=O) groups excluding carboxylic acids is 1. The van der Waals surface area contributed by atoms with E-state index < -0.39 is 0 Å². The maximum atomic E-state index is 9.82. The summed E-state index contributed by atoms with van der Waals surface area (Å²) in [6.45, 7) is 6.57. The van der Waals surface area contributed by atoms with Crippen molar-refractivity contribution in [3.63, 3.8) is 0 Å². The molecular weight excluding hydrogens is 152 g/mol. The fourth-order valence-electron chi connectivity index (χ4n) is 0.745. The molecule has 0 spiro atoms. The zero-order chi connectivity index (χ0) is 9.45. The number of rotatable bonds is 5. The molecule has 0 amide bonds. The van der Waals surface area contributed by atoms with Gasteiger partial charge in [-0.05, 0) is 24.8 Å². The largest absolute Gasteiger partial charge is 0.437 e. The molecule has 0 rings (SSSR count). The van der Waals surface area contributed by atoms with Crippen LogP contribution in [0.15, 0.2) is 24.5 Å². The summed E-state index contributed by atoms with van der Waals surface area (Å²) in [4.78, 5) is 9.82. The molecule has 0 aliphatic rings. The third kappa shape index (κ3) is 5.71. The Morgan fingerprint density at radius 3 is 2.58 bits per heavy atom. The molecule has 0 saturated heterocycles. The number of hydrogen-bond donors (Lipinski definition) is 0. The van der Waals surface area contributed by atoms with Gasteiger partial charge in [0.05, 0.1) is 6.26 Å². The first-order valence-corrected chi connectivity index (χ1v) is 4.00. The summed E-state index contributed by atoms with van der Waals surface area (Å²) in [5.41, 5.74) is 0.0511. The summed E-state index contributed by atoms with van der Waals surface area (Å²) in [7, 11) is 0. The zero-order valence-corrected chi connectivity index (χ0v) is 7.91. The van der Waals surface area contributed by atoms with Crippen molar-refractivity contribution in [1.29, 1.82) is 0 Å². The smallest absolute Gasteiger partial charge is 0.297 e. The number of allylic oxidation sites excluding steroid dienone is 3. The first-order valence-electron chi connectivity index (χ1n) is 4.00. The Hall–Kier alpha value is -1.05.